The highest BCUT2D eigenvalue weighted by Gasteiger charge is 2.45. The molecule has 15 heteroatoms. The predicted octanol–water partition coefficient (Wildman–Crippen LogP) is 9.05. The van der Waals surface area contributed by atoms with Crippen LogP contribution in [0.5, 0.6) is 11.5 Å². The van der Waals surface area contributed by atoms with Crippen molar-refractivity contribution in [3.63, 3.8) is 0 Å². The van der Waals surface area contributed by atoms with Crippen molar-refractivity contribution < 1.29 is 32.8 Å². The van der Waals surface area contributed by atoms with Crippen LogP contribution in [-0.4, -0.2) is 81.8 Å². The van der Waals surface area contributed by atoms with Gasteiger partial charge in [-0.1, -0.05) is 72.8 Å². The molecule has 4 aromatic carbocycles. The molecule has 2 unspecified atom stereocenters. The van der Waals surface area contributed by atoms with Gasteiger partial charge in [-0.25, -0.2) is 19.6 Å². The molecule has 0 bridgehead atoms. The van der Waals surface area contributed by atoms with Crippen molar-refractivity contribution in [1.82, 2.24) is 24.2 Å². The Morgan fingerprint density at radius 2 is 1.47 bits per heavy atom. The zero-order valence-corrected chi connectivity index (χ0v) is 36.6. The van der Waals surface area contributed by atoms with Gasteiger partial charge in [-0.2, -0.15) is 5.26 Å². The first-order valence-corrected chi connectivity index (χ1v) is 21.7. The number of carbonyl (C=O) groups excluding carboxylic acids is 1. The van der Waals surface area contributed by atoms with Crippen LogP contribution >= 0.6 is 8.53 Å². The Morgan fingerprint density at radius 1 is 0.871 bits per heavy atom. The minimum absolute atomic E-state index is 0.0705. The van der Waals surface area contributed by atoms with Crippen LogP contribution < -0.4 is 14.8 Å². The fourth-order valence-electron chi connectivity index (χ4n) is 7.76. The van der Waals surface area contributed by atoms with E-state index < -0.39 is 32.6 Å². The van der Waals surface area contributed by atoms with E-state index in [9.17, 15) is 10.1 Å². The summed E-state index contributed by atoms with van der Waals surface area (Å²) >= 11 is 0. The number of fused-ring (bicyclic) bond motifs is 1. The van der Waals surface area contributed by atoms with Gasteiger partial charge in [0.15, 0.2) is 23.2 Å². The Labute approximate surface area is 363 Å². The minimum Gasteiger partial charge on any atom is -0.497 e. The van der Waals surface area contributed by atoms with Crippen LogP contribution in [0.4, 0.5) is 5.82 Å². The second-order valence-electron chi connectivity index (χ2n) is 15.3. The number of nitrogens with zero attached hydrogens (tertiary/aromatic N) is 6. The van der Waals surface area contributed by atoms with Gasteiger partial charge in [0.25, 0.3) is 14.4 Å². The van der Waals surface area contributed by atoms with E-state index in [0.29, 0.717) is 23.1 Å². The molecule has 3 heterocycles. The van der Waals surface area contributed by atoms with Gasteiger partial charge in [-0.05, 0) is 80.8 Å². The first-order chi connectivity index (χ1) is 30.2. The average molecular weight is 858 g/mol. The molecule has 1 saturated heterocycles. The summed E-state index contributed by atoms with van der Waals surface area (Å²) in [5.74, 6) is 1.38. The van der Waals surface area contributed by atoms with E-state index in [2.05, 4.69) is 65.9 Å². The van der Waals surface area contributed by atoms with E-state index in [-0.39, 0.29) is 43.4 Å². The second kappa shape index (κ2) is 20.4. The number of hydrogen-bond donors (Lipinski definition) is 1. The number of aromatic nitrogens is 4. The van der Waals surface area contributed by atoms with E-state index in [1.54, 1.807) is 44.8 Å². The Morgan fingerprint density at radius 3 is 2.05 bits per heavy atom. The largest absolute Gasteiger partial charge is 0.497 e. The SMILES string of the molecule is COc1ccc(C(OC[C@@H]2CC(OP(OCCC#N)N(C(C)C)C(C)C)[C@H](n3cnc4c(NC(=O)c5ccccc5)ncnc43)O2)(c2ccccc2)c2ccc(OC)cc2)cc1. The fraction of sp³-hybridized carbons (Fsp3) is 0.340. The van der Waals surface area contributed by atoms with Crippen LogP contribution in [0.3, 0.4) is 0 Å². The quantitative estimate of drug-likeness (QED) is 0.0469. The summed E-state index contributed by atoms with van der Waals surface area (Å²) in [4.78, 5) is 26.9. The number of carbonyl (C=O) groups is 1. The molecule has 1 fully saturated rings. The summed E-state index contributed by atoms with van der Waals surface area (Å²) in [5, 5.41) is 12.3. The maximum atomic E-state index is 13.2. The lowest BCUT2D eigenvalue weighted by atomic mass is 9.80. The molecular formula is C47H52N7O7P. The monoisotopic (exact) mass is 857 g/mol. The number of nitriles is 1. The number of rotatable bonds is 19. The summed E-state index contributed by atoms with van der Waals surface area (Å²) in [6.07, 6.45) is 1.82. The van der Waals surface area contributed by atoms with Gasteiger partial charge in [0.1, 0.15) is 29.5 Å². The number of anilines is 1. The van der Waals surface area contributed by atoms with Crippen LogP contribution in [0.25, 0.3) is 11.2 Å². The lowest BCUT2D eigenvalue weighted by molar-refractivity contribution is -0.0839. The Kier molecular flexibility index (Phi) is 14.6. The summed E-state index contributed by atoms with van der Waals surface area (Å²) in [6.45, 7) is 8.74. The number of nitrogens with one attached hydrogen (secondary N) is 1. The zero-order valence-electron chi connectivity index (χ0n) is 35.8. The van der Waals surface area contributed by atoms with E-state index in [0.717, 1.165) is 28.2 Å². The van der Waals surface area contributed by atoms with Gasteiger partial charge < -0.3 is 33.3 Å². The van der Waals surface area contributed by atoms with Crippen LogP contribution in [0, 0.1) is 11.3 Å². The molecule has 0 spiro atoms. The van der Waals surface area contributed by atoms with E-state index >= 15 is 0 Å². The van der Waals surface area contributed by atoms with Crippen molar-refractivity contribution in [3.8, 4) is 17.6 Å². The topological polar surface area (TPSA) is 155 Å². The van der Waals surface area contributed by atoms with Gasteiger partial charge in [0.2, 0.25) is 0 Å². The number of ether oxygens (including phenoxy) is 4. The Bertz CT molecular complexity index is 2360. The summed E-state index contributed by atoms with van der Waals surface area (Å²) in [5.41, 5.74) is 2.92. The maximum absolute atomic E-state index is 13.2. The second-order valence-corrected chi connectivity index (χ2v) is 16.7. The molecule has 1 aliphatic heterocycles. The first-order valence-electron chi connectivity index (χ1n) is 20.6. The molecule has 0 radical (unpaired) electrons. The molecule has 1 aliphatic rings. The zero-order chi connectivity index (χ0) is 43.6. The number of imidazole rings is 1. The average Bonchev–Trinajstić information content (AvgIpc) is 3.91. The maximum Gasteiger partial charge on any atom is 0.259 e. The molecule has 1 N–H and O–H groups in total. The highest BCUT2D eigenvalue weighted by molar-refractivity contribution is 7.44. The van der Waals surface area contributed by atoms with E-state index in [4.69, 9.17) is 33.0 Å². The highest BCUT2D eigenvalue weighted by Crippen LogP contribution is 2.51. The molecule has 14 nitrogen and oxygen atoms in total. The normalized spacial score (nSPS) is 17.1. The molecular weight excluding hydrogens is 806 g/mol. The number of amides is 1. The number of hydrogen-bond acceptors (Lipinski definition) is 12. The van der Waals surface area contributed by atoms with Crippen molar-refractivity contribution in [2.24, 2.45) is 0 Å². The third kappa shape index (κ3) is 9.64. The van der Waals surface area contributed by atoms with Gasteiger partial charge >= 0.3 is 0 Å². The molecule has 0 saturated carbocycles. The summed E-state index contributed by atoms with van der Waals surface area (Å²) in [6, 6.07) is 37.1. The van der Waals surface area contributed by atoms with Crippen molar-refractivity contribution in [2.75, 3.05) is 32.8 Å². The van der Waals surface area contributed by atoms with Gasteiger partial charge in [-0.3, -0.25) is 9.36 Å². The van der Waals surface area contributed by atoms with Crippen LogP contribution in [0.2, 0.25) is 0 Å². The van der Waals surface area contributed by atoms with Crippen molar-refractivity contribution in [1.29, 1.82) is 5.26 Å². The fourth-order valence-corrected chi connectivity index (χ4v) is 9.49. The van der Waals surface area contributed by atoms with Gasteiger partial charge in [0, 0.05) is 24.1 Å². The smallest absolute Gasteiger partial charge is 0.259 e. The summed E-state index contributed by atoms with van der Waals surface area (Å²) in [7, 11) is 1.62. The molecule has 7 rings (SSSR count). The van der Waals surface area contributed by atoms with Crippen molar-refractivity contribution in [3.05, 3.63) is 144 Å². The van der Waals surface area contributed by atoms with E-state index in [1.165, 1.54) is 6.33 Å². The molecule has 0 aliphatic carbocycles. The predicted molar refractivity (Wildman–Crippen MR) is 237 cm³/mol. The lowest BCUT2D eigenvalue weighted by Gasteiger charge is -2.37. The standard InChI is InChI=1S/C47H52N7O7P/c1-32(2)54(33(3)4)62(59-27-13-26-48)61-41-28-40(60-46(41)53-31-51-42-43(49-30-50-44(42)53)52-45(55)34-14-9-7-10-15-34)29-58-47(35-16-11-8-12-17-35,36-18-22-38(56-5)23-19-36)37-20-24-39(57-6)25-21-37/h7-12,14-25,30-33,40-41,46H,13,27-29H2,1-6H3,(H,49,50,52,55)/t40-,41?,46+,62?/m0/s1. The van der Waals surface area contributed by atoms with Crippen LogP contribution in [0.15, 0.2) is 122 Å². The van der Waals surface area contributed by atoms with Crippen LogP contribution in [0.1, 0.15) is 73.8 Å². The minimum atomic E-state index is -1.67. The Hall–Kier alpha value is -5.78. The highest BCUT2D eigenvalue weighted by atomic mass is 31.2. The van der Waals surface area contributed by atoms with E-state index in [1.807, 2.05) is 77.4 Å². The first kappa shape index (κ1) is 44.3. The van der Waals surface area contributed by atoms with Crippen molar-refractivity contribution in [2.45, 2.75) is 76.7 Å². The van der Waals surface area contributed by atoms with Crippen LogP contribution in [-0.2, 0) is 24.1 Å². The van der Waals surface area contributed by atoms with Gasteiger partial charge in [-0.15, -0.1) is 0 Å². The lowest BCUT2D eigenvalue weighted by Crippen LogP contribution is -2.36. The molecule has 1 amide bonds. The molecule has 62 heavy (non-hydrogen) atoms. The van der Waals surface area contributed by atoms with Crippen molar-refractivity contribution >= 4 is 31.4 Å². The number of benzene rings is 4. The third-order valence-corrected chi connectivity index (χ3v) is 12.7. The Balaban J connectivity index is 1.27. The molecule has 2 aromatic heterocycles. The third-order valence-electron chi connectivity index (χ3n) is 10.6. The molecule has 322 valence electrons. The number of methoxy groups -OCH3 is 2. The molecule has 6 aromatic rings. The van der Waals surface area contributed by atoms with Gasteiger partial charge in [0.05, 0.1) is 52.4 Å². The molecule has 4 atom stereocenters. The summed E-state index contributed by atoms with van der Waals surface area (Å²) < 4.78 is 42.8.